The number of Topliss-reactive ketones (excluding diaryl/α,β-unsaturated/α-hetero) is 1. The molecule has 0 spiro atoms. The number of carbonyl (C=O) groups is 1. The van der Waals surface area contributed by atoms with E-state index >= 15 is 0 Å². The molecule has 0 amide bonds. The number of rotatable bonds is 5. The molecule has 31 heavy (non-hydrogen) atoms. The summed E-state index contributed by atoms with van der Waals surface area (Å²) in [6.45, 7) is 6.56. The van der Waals surface area contributed by atoms with Crippen LogP contribution < -0.4 is 0 Å². The molecule has 7 atom stereocenters. The molecule has 1 aromatic rings. The summed E-state index contributed by atoms with van der Waals surface area (Å²) in [5.74, 6) is 0.774. The van der Waals surface area contributed by atoms with Gasteiger partial charge in [0.05, 0.1) is 5.60 Å². The van der Waals surface area contributed by atoms with Crippen LogP contribution in [0.25, 0.3) is 0 Å². The van der Waals surface area contributed by atoms with Crippen molar-refractivity contribution in [3.05, 3.63) is 35.4 Å². The summed E-state index contributed by atoms with van der Waals surface area (Å²) in [6.07, 6.45) is 10.4. The SMILES string of the molecule is C[C@H]1CC[C@@](C)(O)C[C@H]1CC[C@@H]1CCC[C@]2(C)[C@@H](C(=O)c3cc(F)cc(F)c3)CC[C@@H]12. The van der Waals surface area contributed by atoms with Gasteiger partial charge in [-0.3, -0.25) is 4.79 Å². The summed E-state index contributed by atoms with van der Waals surface area (Å²) in [4.78, 5) is 13.3. The molecule has 1 N–H and O–H groups in total. The molecule has 172 valence electrons. The Kier molecular flexibility index (Phi) is 6.33. The van der Waals surface area contributed by atoms with Crippen LogP contribution in [0.4, 0.5) is 8.78 Å². The molecule has 3 fully saturated rings. The maximum absolute atomic E-state index is 13.7. The number of benzene rings is 1. The minimum absolute atomic E-state index is 0.0769. The van der Waals surface area contributed by atoms with Crippen LogP contribution in [0.3, 0.4) is 0 Å². The highest BCUT2D eigenvalue weighted by molar-refractivity contribution is 5.98. The van der Waals surface area contributed by atoms with Gasteiger partial charge in [0.15, 0.2) is 5.78 Å². The average molecular weight is 433 g/mol. The summed E-state index contributed by atoms with van der Waals surface area (Å²) in [6, 6.07) is 3.22. The van der Waals surface area contributed by atoms with Crippen molar-refractivity contribution in [3.63, 3.8) is 0 Å². The van der Waals surface area contributed by atoms with E-state index in [2.05, 4.69) is 13.8 Å². The molecule has 4 rings (SSSR count). The third kappa shape index (κ3) is 4.60. The van der Waals surface area contributed by atoms with E-state index in [0.29, 0.717) is 23.7 Å². The third-order valence-corrected chi connectivity index (χ3v) is 9.29. The Bertz CT molecular complexity index is 799. The van der Waals surface area contributed by atoms with Crippen LogP contribution in [-0.2, 0) is 0 Å². The molecule has 2 nitrogen and oxygen atoms in total. The second-order valence-electron chi connectivity index (χ2n) is 11.5. The second kappa shape index (κ2) is 8.57. The van der Waals surface area contributed by atoms with Gasteiger partial charge in [0.2, 0.25) is 0 Å². The number of hydrogen-bond donors (Lipinski definition) is 1. The van der Waals surface area contributed by atoms with Crippen LogP contribution in [0.15, 0.2) is 18.2 Å². The van der Waals surface area contributed by atoms with Crippen LogP contribution in [0.2, 0.25) is 0 Å². The van der Waals surface area contributed by atoms with Crippen LogP contribution in [0, 0.1) is 46.6 Å². The largest absolute Gasteiger partial charge is 0.390 e. The number of aliphatic hydroxyl groups is 1. The third-order valence-electron chi connectivity index (χ3n) is 9.29. The van der Waals surface area contributed by atoms with Crippen LogP contribution >= 0.6 is 0 Å². The first kappa shape index (κ1) is 22.9. The molecule has 0 radical (unpaired) electrons. The number of ketones is 1. The van der Waals surface area contributed by atoms with Gasteiger partial charge in [-0.2, -0.15) is 0 Å². The van der Waals surface area contributed by atoms with Crippen molar-refractivity contribution >= 4 is 5.78 Å². The number of hydrogen-bond acceptors (Lipinski definition) is 2. The van der Waals surface area contributed by atoms with Gasteiger partial charge in [0.25, 0.3) is 0 Å². The van der Waals surface area contributed by atoms with E-state index < -0.39 is 17.2 Å². The lowest BCUT2D eigenvalue weighted by molar-refractivity contribution is -0.0231. The van der Waals surface area contributed by atoms with Crippen molar-refractivity contribution in [1.82, 2.24) is 0 Å². The summed E-state index contributed by atoms with van der Waals surface area (Å²) in [7, 11) is 0. The van der Waals surface area contributed by atoms with Crippen LogP contribution in [0.5, 0.6) is 0 Å². The fraction of sp³-hybridized carbons (Fsp3) is 0.741. The molecule has 0 aliphatic heterocycles. The first-order chi connectivity index (χ1) is 14.6. The fourth-order valence-corrected chi connectivity index (χ4v) is 7.47. The van der Waals surface area contributed by atoms with Crippen LogP contribution in [-0.4, -0.2) is 16.5 Å². The zero-order valence-corrected chi connectivity index (χ0v) is 19.3. The molecule has 0 aromatic heterocycles. The van der Waals surface area contributed by atoms with Gasteiger partial charge < -0.3 is 5.11 Å². The zero-order valence-electron chi connectivity index (χ0n) is 19.3. The molecular formula is C27H38F2O2. The zero-order chi connectivity index (χ0) is 22.4. The monoisotopic (exact) mass is 432 g/mol. The van der Waals surface area contributed by atoms with Crippen LogP contribution in [0.1, 0.15) is 95.3 Å². The summed E-state index contributed by atoms with van der Waals surface area (Å²) >= 11 is 0. The second-order valence-corrected chi connectivity index (χ2v) is 11.5. The lowest BCUT2D eigenvalue weighted by Crippen LogP contribution is -2.40. The predicted molar refractivity (Wildman–Crippen MR) is 119 cm³/mol. The maximum Gasteiger partial charge on any atom is 0.166 e. The van der Waals surface area contributed by atoms with E-state index in [9.17, 15) is 18.7 Å². The lowest BCUT2D eigenvalue weighted by atomic mass is 9.59. The maximum atomic E-state index is 13.7. The van der Waals surface area contributed by atoms with Crippen molar-refractivity contribution in [2.75, 3.05) is 0 Å². The lowest BCUT2D eigenvalue weighted by Gasteiger charge is -2.46. The molecule has 0 bridgehead atoms. The summed E-state index contributed by atoms with van der Waals surface area (Å²) in [5, 5.41) is 10.5. The van der Waals surface area contributed by atoms with E-state index in [-0.39, 0.29) is 22.7 Å². The fourth-order valence-electron chi connectivity index (χ4n) is 7.47. The highest BCUT2D eigenvalue weighted by Gasteiger charge is 2.53. The van der Waals surface area contributed by atoms with Gasteiger partial charge in [0.1, 0.15) is 11.6 Å². The molecule has 0 saturated heterocycles. The van der Waals surface area contributed by atoms with E-state index in [4.69, 9.17) is 0 Å². The first-order valence-electron chi connectivity index (χ1n) is 12.3. The Morgan fingerprint density at radius 3 is 2.39 bits per heavy atom. The standard InChI is InChI=1S/C27H38F2O2/c1-17-10-12-26(2,31)16-19(17)7-6-18-5-4-11-27(3)23(18)8-9-24(27)25(30)20-13-21(28)15-22(29)14-20/h13-15,17-19,23-24,31H,4-12,16H2,1-3H3/t17-,18-,19+,23-,24+,26+,27-/m0/s1. The van der Waals surface area contributed by atoms with Crippen molar-refractivity contribution in [2.24, 2.45) is 35.0 Å². The molecule has 3 saturated carbocycles. The highest BCUT2D eigenvalue weighted by atomic mass is 19.1. The molecule has 0 heterocycles. The summed E-state index contributed by atoms with van der Waals surface area (Å²) in [5.41, 5.74) is -0.416. The van der Waals surface area contributed by atoms with Gasteiger partial charge >= 0.3 is 0 Å². The Hall–Kier alpha value is -1.29. The van der Waals surface area contributed by atoms with E-state index in [1.54, 1.807) is 0 Å². The van der Waals surface area contributed by atoms with Crippen molar-refractivity contribution in [2.45, 2.75) is 90.6 Å². The molecule has 3 aliphatic carbocycles. The molecule has 1 aromatic carbocycles. The van der Waals surface area contributed by atoms with Crippen molar-refractivity contribution in [1.29, 1.82) is 0 Å². The normalized spacial score (nSPS) is 40.5. The molecule has 3 aliphatic rings. The Morgan fingerprint density at radius 1 is 1.00 bits per heavy atom. The smallest absolute Gasteiger partial charge is 0.166 e. The summed E-state index contributed by atoms with van der Waals surface area (Å²) < 4.78 is 27.4. The first-order valence-corrected chi connectivity index (χ1v) is 12.3. The minimum atomic E-state index is -0.679. The van der Waals surface area contributed by atoms with Gasteiger partial charge in [-0.1, -0.05) is 26.7 Å². The van der Waals surface area contributed by atoms with Gasteiger partial charge in [0, 0.05) is 17.5 Å². The quantitative estimate of drug-likeness (QED) is 0.511. The van der Waals surface area contributed by atoms with E-state index in [1.807, 2.05) is 6.92 Å². The number of fused-ring (bicyclic) bond motifs is 1. The van der Waals surface area contributed by atoms with Gasteiger partial charge in [-0.05, 0) is 99.5 Å². The molecule has 4 heteroatoms. The number of halogens is 2. The predicted octanol–water partition coefficient (Wildman–Crippen LogP) is 6.95. The Morgan fingerprint density at radius 2 is 1.68 bits per heavy atom. The van der Waals surface area contributed by atoms with Gasteiger partial charge in [-0.25, -0.2) is 8.78 Å². The average Bonchev–Trinajstić information content (AvgIpc) is 3.04. The molecular weight excluding hydrogens is 394 g/mol. The topological polar surface area (TPSA) is 37.3 Å². The van der Waals surface area contributed by atoms with Crippen molar-refractivity contribution in [3.8, 4) is 0 Å². The minimum Gasteiger partial charge on any atom is -0.390 e. The Labute approximate surface area is 185 Å². The van der Waals surface area contributed by atoms with Gasteiger partial charge in [-0.15, -0.1) is 0 Å². The van der Waals surface area contributed by atoms with Crippen molar-refractivity contribution < 1.29 is 18.7 Å². The van der Waals surface area contributed by atoms with E-state index in [1.165, 1.54) is 25.0 Å². The highest BCUT2D eigenvalue weighted by Crippen LogP contribution is 2.59. The number of carbonyl (C=O) groups excluding carboxylic acids is 1. The van der Waals surface area contributed by atoms with E-state index in [0.717, 1.165) is 57.4 Å². The molecule has 0 unspecified atom stereocenters. The Balaban J connectivity index is 1.45.